The lowest BCUT2D eigenvalue weighted by molar-refractivity contribution is 0.415. The lowest BCUT2D eigenvalue weighted by Gasteiger charge is -1.99. The van der Waals surface area contributed by atoms with E-state index in [4.69, 9.17) is 11.2 Å². The predicted molar refractivity (Wildman–Crippen MR) is 86.8 cm³/mol. The third-order valence-corrected chi connectivity index (χ3v) is 3.06. The molecule has 1 rings (SSSR count). The number of aliphatic imine (C=N–C) groups is 1. The first-order chi connectivity index (χ1) is 9.80. The third-order valence-electron chi connectivity index (χ3n) is 3.06. The smallest absolute Gasteiger partial charge is 0.119 e. The number of hydrogen-bond donors (Lipinski definition) is 0. The van der Waals surface area contributed by atoms with Gasteiger partial charge in [0.05, 0.1) is 12.8 Å². The number of nitrogens with zero attached hydrogens (tertiary/aromatic N) is 1. The highest BCUT2D eigenvalue weighted by Crippen LogP contribution is 2.17. The Morgan fingerprint density at radius 2 is 2.00 bits per heavy atom. The molecule has 0 fully saturated rings. The van der Waals surface area contributed by atoms with Gasteiger partial charge in [-0.05, 0) is 43.2 Å². The van der Waals surface area contributed by atoms with E-state index in [0.717, 1.165) is 29.9 Å². The Labute approximate surface area is 122 Å². The van der Waals surface area contributed by atoms with Crippen LogP contribution >= 0.6 is 0 Å². The number of allylic oxidation sites excluding steroid dienone is 2. The molecule has 0 aliphatic heterocycles. The monoisotopic (exact) mass is 269 g/mol. The van der Waals surface area contributed by atoms with Crippen molar-refractivity contribution in [2.75, 3.05) is 7.11 Å². The average molecular weight is 269 g/mol. The Hall–Kier alpha value is -2.01. The molecule has 0 N–H and O–H groups in total. The van der Waals surface area contributed by atoms with Gasteiger partial charge in [0.2, 0.25) is 0 Å². The van der Waals surface area contributed by atoms with Gasteiger partial charge in [0.25, 0.3) is 0 Å². The largest absolute Gasteiger partial charge is 0.497 e. The highest BCUT2D eigenvalue weighted by Gasteiger charge is 1.93. The first kappa shape index (κ1) is 16.0. The van der Waals surface area contributed by atoms with Gasteiger partial charge in [0.15, 0.2) is 0 Å². The van der Waals surface area contributed by atoms with Crippen LogP contribution in [0.3, 0.4) is 0 Å². The van der Waals surface area contributed by atoms with Crippen molar-refractivity contribution < 1.29 is 4.74 Å². The highest BCUT2D eigenvalue weighted by molar-refractivity contribution is 5.76. The van der Waals surface area contributed by atoms with Crippen LogP contribution in [-0.4, -0.2) is 13.3 Å². The maximum atomic E-state index is 5.51. The molecule has 0 aliphatic rings. The summed E-state index contributed by atoms with van der Waals surface area (Å²) in [4.78, 5) is 4.36. The number of hydrogen-bond acceptors (Lipinski definition) is 2. The van der Waals surface area contributed by atoms with Crippen LogP contribution in [0.25, 0.3) is 0 Å². The molecule has 0 radical (unpaired) electrons. The van der Waals surface area contributed by atoms with Crippen molar-refractivity contribution in [1.82, 2.24) is 0 Å². The van der Waals surface area contributed by atoms with Crippen molar-refractivity contribution in [3.8, 4) is 18.1 Å². The van der Waals surface area contributed by atoms with Crippen LogP contribution in [0.2, 0.25) is 0 Å². The molecule has 0 aromatic heterocycles. The molecule has 0 spiro atoms. The van der Waals surface area contributed by atoms with Gasteiger partial charge in [0.1, 0.15) is 5.75 Å². The van der Waals surface area contributed by atoms with Crippen LogP contribution in [0, 0.1) is 12.3 Å². The van der Waals surface area contributed by atoms with Gasteiger partial charge in [-0.1, -0.05) is 32.1 Å². The van der Waals surface area contributed by atoms with Crippen LogP contribution < -0.4 is 4.74 Å². The molecule has 0 heterocycles. The summed E-state index contributed by atoms with van der Waals surface area (Å²) in [7, 11) is 1.65. The number of terminal acetylenes is 1. The van der Waals surface area contributed by atoms with Crippen molar-refractivity contribution in [2.24, 2.45) is 4.99 Å². The molecule has 0 saturated heterocycles. The Morgan fingerprint density at radius 1 is 1.25 bits per heavy atom. The Morgan fingerprint density at radius 3 is 2.60 bits per heavy atom. The van der Waals surface area contributed by atoms with Crippen molar-refractivity contribution in [2.45, 2.75) is 39.0 Å². The summed E-state index contributed by atoms with van der Waals surface area (Å²) < 4.78 is 5.10. The summed E-state index contributed by atoms with van der Waals surface area (Å²) >= 11 is 0. The van der Waals surface area contributed by atoms with E-state index in [1.807, 2.05) is 30.3 Å². The first-order valence-corrected chi connectivity index (χ1v) is 7.14. The lowest BCUT2D eigenvalue weighted by atomic mass is 10.1. The van der Waals surface area contributed by atoms with Gasteiger partial charge in [-0.15, -0.1) is 6.42 Å². The van der Waals surface area contributed by atoms with Crippen molar-refractivity contribution >= 4 is 11.9 Å². The zero-order valence-electron chi connectivity index (χ0n) is 12.4. The Bertz CT molecular complexity index is 477. The fraction of sp³-hybridized carbons (Fsp3) is 0.389. The fourth-order valence-electron chi connectivity index (χ4n) is 1.83. The predicted octanol–water partition coefficient (Wildman–Crippen LogP) is 4.93. The van der Waals surface area contributed by atoms with Crippen LogP contribution in [0.5, 0.6) is 5.75 Å². The van der Waals surface area contributed by atoms with E-state index in [-0.39, 0.29) is 0 Å². The number of methoxy groups -OCH3 is 1. The minimum absolute atomic E-state index is 0.833. The average Bonchev–Trinajstić information content (AvgIpc) is 2.50. The maximum absolute atomic E-state index is 5.51. The van der Waals surface area contributed by atoms with E-state index in [1.165, 1.54) is 19.3 Å². The molecule has 2 nitrogen and oxygen atoms in total. The molecule has 0 saturated carbocycles. The van der Waals surface area contributed by atoms with Gasteiger partial charge < -0.3 is 4.74 Å². The molecule has 20 heavy (non-hydrogen) atoms. The van der Waals surface area contributed by atoms with Crippen molar-refractivity contribution in [3.63, 3.8) is 0 Å². The quantitative estimate of drug-likeness (QED) is 0.372. The van der Waals surface area contributed by atoms with E-state index in [1.54, 1.807) is 13.3 Å². The van der Waals surface area contributed by atoms with Gasteiger partial charge in [-0.2, -0.15) is 0 Å². The second kappa shape index (κ2) is 9.86. The third kappa shape index (κ3) is 6.24. The molecule has 106 valence electrons. The molecule has 2 heteroatoms. The van der Waals surface area contributed by atoms with Gasteiger partial charge in [-0.25, -0.2) is 0 Å². The molecular weight excluding hydrogens is 246 g/mol. The van der Waals surface area contributed by atoms with Crippen LogP contribution in [-0.2, 0) is 0 Å². The minimum Gasteiger partial charge on any atom is -0.497 e. The maximum Gasteiger partial charge on any atom is 0.119 e. The summed E-state index contributed by atoms with van der Waals surface area (Å²) in [5.74, 6) is 3.57. The minimum atomic E-state index is 0.833. The van der Waals surface area contributed by atoms with E-state index in [0.29, 0.717) is 0 Å². The highest BCUT2D eigenvalue weighted by atomic mass is 16.5. The Kier molecular flexibility index (Phi) is 7.91. The normalized spacial score (nSPS) is 11.6. The summed E-state index contributed by atoms with van der Waals surface area (Å²) in [6.45, 7) is 2.21. The van der Waals surface area contributed by atoms with E-state index in [2.05, 4.69) is 17.8 Å². The van der Waals surface area contributed by atoms with E-state index < -0.39 is 0 Å². The van der Waals surface area contributed by atoms with Crippen LogP contribution in [0.15, 0.2) is 40.9 Å². The van der Waals surface area contributed by atoms with Gasteiger partial charge in [-0.3, -0.25) is 4.99 Å². The number of unbranched alkanes of at least 4 members (excludes halogenated alkanes) is 3. The van der Waals surface area contributed by atoms with Gasteiger partial charge in [0, 0.05) is 11.8 Å². The Balaban J connectivity index is 2.49. The molecule has 0 atom stereocenters. The second-order valence-corrected chi connectivity index (χ2v) is 4.62. The summed E-state index contributed by atoms with van der Waals surface area (Å²) in [6, 6.07) is 7.62. The van der Waals surface area contributed by atoms with Crippen LogP contribution in [0.4, 0.5) is 5.69 Å². The van der Waals surface area contributed by atoms with E-state index >= 15 is 0 Å². The van der Waals surface area contributed by atoms with Crippen molar-refractivity contribution in [1.29, 1.82) is 0 Å². The molecule has 1 aromatic rings. The van der Waals surface area contributed by atoms with E-state index in [9.17, 15) is 0 Å². The number of rotatable bonds is 8. The fourth-order valence-corrected chi connectivity index (χ4v) is 1.83. The topological polar surface area (TPSA) is 21.6 Å². The molecule has 0 unspecified atom stereocenters. The number of ether oxygens (including phenoxy) is 1. The zero-order chi connectivity index (χ0) is 14.6. The zero-order valence-corrected chi connectivity index (χ0v) is 12.4. The SMILES string of the molecule is C#C/C(=C/C=Nc1ccc(OC)cc1)CCCCCC. The first-order valence-electron chi connectivity index (χ1n) is 7.14. The van der Waals surface area contributed by atoms with Gasteiger partial charge >= 0.3 is 0 Å². The summed E-state index contributed by atoms with van der Waals surface area (Å²) in [5, 5.41) is 0. The second-order valence-electron chi connectivity index (χ2n) is 4.62. The molecule has 1 aromatic carbocycles. The molecule has 0 bridgehead atoms. The molecule has 0 aliphatic carbocycles. The number of benzene rings is 1. The summed E-state index contributed by atoms with van der Waals surface area (Å²) in [6.07, 6.45) is 15.1. The molecular formula is C18H23NO. The standard InChI is InChI=1S/C18H23NO/c1-4-6-7-8-9-16(5-2)14-15-19-17-10-12-18(20-3)13-11-17/h2,10-15H,4,6-9H2,1,3H3/b16-14-,19-15?. The summed E-state index contributed by atoms with van der Waals surface area (Å²) in [5.41, 5.74) is 1.91. The lowest BCUT2D eigenvalue weighted by Crippen LogP contribution is -1.83. The van der Waals surface area contributed by atoms with Crippen molar-refractivity contribution in [3.05, 3.63) is 35.9 Å². The molecule has 0 amide bonds. The van der Waals surface area contributed by atoms with Crippen LogP contribution in [0.1, 0.15) is 39.0 Å².